The topological polar surface area (TPSA) is 75.7 Å². The molecule has 168 valence electrons. The number of amides is 1. The molecule has 0 unspecified atom stereocenters. The van der Waals surface area contributed by atoms with E-state index in [-0.39, 0.29) is 18.0 Å². The van der Waals surface area contributed by atoms with Crippen LogP contribution in [0.4, 0.5) is 5.69 Å². The van der Waals surface area contributed by atoms with Gasteiger partial charge in [-0.05, 0) is 54.8 Å². The fourth-order valence-corrected chi connectivity index (χ4v) is 4.72. The Balaban J connectivity index is 1.86. The number of carbonyl (C=O) groups excluding carboxylic acids is 1. The molecule has 0 bridgehead atoms. The molecule has 0 aliphatic rings. The highest BCUT2D eigenvalue weighted by atomic mass is 32.2. The third-order valence-electron chi connectivity index (χ3n) is 4.97. The zero-order valence-corrected chi connectivity index (χ0v) is 19.1. The van der Waals surface area contributed by atoms with Crippen LogP contribution in [0.5, 0.6) is 5.75 Å². The molecule has 0 spiro atoms. The third kappa shape index (κ3) is 5.96. The first-order chi connectivity index (χ1) is 15.4. The zero-order chi connectivity index (χ0) is 23.0. The second kappa shape index (κ2) is 10.9. The minimum atomic E-state index is -3.92. The maximum atomic E-state index is 13.4. The van der Waals surface area contributed by atoms with Gasteiger partial charge in [-0.15, -0.1) is 0 Å². The number of anilines is 1. The van der Waals surface area contributed by atoms with Crippen LogP contribution in [0, 0.1) is 0 Å². The van der Waals surface area contributed by atoms with Crippen molar-refractivity contribution in [3.05, 3.63) is 90.0 Å². The van der Waals surface area contributed by atoms with Gasteiger partial charge in [-0.2, -0.15) is 4.31 Å². The van der Waals surface area contributed by atoms with Crippen LogP contribution in [0.2, 0.25) is 0 Å². The zero-order valence-electron chi connectivity index (χ0n) is 18.3. The van der Waals surface area contributed by atoms with Crippen molar-refractivity contribution in [3.8, 4) is 5.75 Å². The van der Waals surface area contributed by atoms with Gasteiger partial charge in [0.1, 0.15) is 5.75 Å². The lowest BCUT2D eigenvalue weighted by atomic mass is 10.1. The van der Waals surface area contributed by atoms with E-state index in [0.29, 0.717) is 18.0 Å². The number of para-hydroxylation sites is 1. The third-order valence-corrected chi connectivity index (χ3v) is 6.77. The standard InChI is InChI=1S/C25H28N2O4S/c1-3-21-12-8-9-13-24(21)26-25(28)19-27(18-20-10-6-5-7-11-20)32(29,30)23-16-14-22(15-17-23)31-4-2/h5-17H,3-4,18-19H2,1-2H3,(H,26,28). The van der Waals surface area contributed by atoms with Crippen molar-refractivity contribution in [3.63, 3.8) is 0 Å². The van der Waals surface area contributed by atoms with E-state index in [1.165, 1.54) is 16.4 Å². The minimum absolute atomic E-state index is 0.0826. The number of benzene rings is 3. The molecular formula is C25H28N2O4S. The first-order valence-corrected chi connectivity index (χ1v) is 12.0. The van der Waals surface area contributed by atoms with Crippen molar-refractivity contribution in [2.24, 2.45) is 0 Å². The summed E-state index contributed by atoms with van der Waals surface area (Å²) in [5.74, 6) is 0.200. The van der Waals surface area contributed by atoms with E-state index in [1.807, 2.05) is 68.4 Å². The minimum Gasteiger partial charge on any atom is -0.494 e. The number of hydrogen-bond donors (Lipinski definition) is 1. The quantitative estimate of drug-likeness (QED) is 0.492. The maximum absolute atomic E-state index is 13.4. The summed E-state index contributed by atoms with van der Waals surface area (Å²) in [5, 5.41) is 2.86. The van der Waals surface area contributed by atoms with Gasteiger partial charge >= 0.3 is 0 Å². The number of nitrogens with zero attached hydrogens (tertiary/aromatic N) is 1. The molecule has 0 saturated heterocycles. The lowest BCUT2D eigenvalue weighted by Crippen LogP contribution is -2.37. The smallest absolute Gasteiger partial charge is 0.243 e. The Morgan fingerprint density at radius 1 is 0.906 bits per heavy atom. The van der Waals surface area contributed by atoms with Gasteiger partial charge in [-0.1, -0.05) is 55.5 Å². The van der Waals surface area contributed by atoms with Crippen LogP contribution in [-0.2, 0) is 27.8 Å². The lowest BCUT2D eigenvalue weighted by molar-refractivity contribution is -0.116. The van der Waals surface area contributed by atoms with Crippen molar-refractivity contribution in [2.45, 2.75) is 31.7 Å². The number of aryl methyl sites for hydroxylation is 1. The monoisotopic (exact) mass is 452 g/mol. The Morgan fingerprint density at radius 3 is 2.22 bits per heavy atom. The average Bonchev–Trinajstić information content (AvgIpc) is 2.80. The predicted molar refractivity (Wildman–Crippen MR) is 126 cm³/mol. The van der Waals surface area contributed by atoms with Crippen LogP contribution in [0.15, 0.2) is 83.8 Å². The summed E-state index contributed by atoms with van der Waals surface area (Å²) in [6.07, 6.45) is 0.759. The second-order valence-corrected chi connectivity index (χ2v) is 9.16. The van der Waals surface area contributed by atoms with Gasteiger partial charge in [0, 0.05) is 12.2 Å². The van der Waals surface area contributed by atoms with Crippen molar-refractivity contribution in [1.82, 2.24) is 4.31 Å². The molecule has 32 heavy (non-hydrogen) atoms. The van der Waals surface area contributed by atoms with Gasteiger partial charge in [0.25, 0.3) is 0 Å². The normalized spacial score (nSPS) is 11.3. The second-order valence-electron chi connectivity index (χ2n) is 7.22. The van der Waals surface area contributed by atoms with Gasteiger partial charge in [0.15, 0.2) is 0 Å². The van der Waals surface area contributed by atoms with Crippen molar-refractivity contribution < 1.29 is 17.9 Å². The first kappa shape index (κ1) is 23.5. The van der Waals surface area contributed by atoms with Gasteiger partial charge in [0.05, 0.1) is 18.0 Å². The maximum Gasteiger partial charge on any atom is 0.243 e. The first-order valence-electron chi connectivity index (χ1n) is 10.6. The molecule has 0 heterocycles. The summed E-state index contributed by atoms with van der Waals surface area (Å²) in [5.41, 5.74) is 2.48. The van der Waals surface area contributed by atoms with E-state index in [9.17, 15) is 13.2 Å². The van der Waals surface area contributed by atoms with E-state index in [2.05, 4.69) is 5.32 Å². The lowest BCUT2D eigenvalue weighted by Gasteiger charge is -2.22. The molecule has 3 rings (SSSR count). The fraction of sp³-hybridized carbons (Fsp3) is 0.240. The van der Waals surface area contributed by atoms with E-state index in [4.69, 9.17) is 4.74 Å². The molecule has 0 aromatic heterocycles. The van der Waals surface area contributed by atoms with Crippen molar-refractivity contribution >= 4 is 21.6 Å². The van der Waals surface area contributed by atoms with Gasteiger partial charge in [-0.3, -0.25) is 4.79 Å². The highest BCUT2D eigenvalue weighted by molar-refractivity contribution is 7.89. The Kier molecular flexibility index (Phi) is 8.03. The van der Waals surface area contributed by atoms with E-state index in [0.717, 1.165) is 17.5 Å². The number of ether oxygens (including phenoxy) is 1. The fourth-order valence-electron chi connectivity index (χ4n) is 3.34. The van der Waals surface area contributed by atoms with Crippen LogP contribution in [0.25, 0.3) is 0 Å². The van der Waals surface area contributed by atoms with Gasteiger partial charge in [0.2, 0.25) is 15.9 Å². The Hall–Kier alpha value is -3.16. The summed E-state index contributed by atoms with van der Waals surface area (Å²) in [7, 11) is -3.92. The molecule has 3 aromatic carbocycles. The SMILES string of the molecule is CCOc1ccc(S(=O)(=O)N(CC(=O)Nc2ccccc2CC)Cc2ccccc2)cc1. The molecule has 0 aliphatic carbocycles. The highest BCUT2D eigenvalue weighted by Gasteiger charge is 2.27. The Bertz CT molecular complexity index is 1130. The van der Waals surface area contributed by atoms with Crippen molar-refractivity contribution in [2.75, 3.05) is 18.5 Å². The van der Waals surface area contributed by atoms with E-state index in [1.54, 1.807) is 12.1 Å². The Morgan fingerprint density at radius 2 is 1.56 bits per heavy atom. The number of hydrogen-bond acceptors (Lipinski definition) is 4. The van der Waals surface area contributed by atoms with Crippen LogP contribution < -0.4 is 10.1 Å². The molecule has 0 atom stereocenters. The highest BCUT2D eigenvalue weighted by Crippen LogP contribution is 2.22. The summed E-state index contributed by atoms with van der Waals surface area (Å²) in [4.78, 5) is 13.0. The van der Waals surface area contributed by atoms with Crippen LogP contribution in [-0.4, -0.2) is 31.8 Å². The summed E-state index contributed by atoms with van der Waals surface area (Å²) in [6, 6.07) is 23.0. The number of rotatable bonds is 10. The Labute approximate surface area is 189 Å². The van der Waals surface area contributed by atoms with Crippen molar-refractivity contribution in [1.29, 1.82) is 0 Å². The molecule has 3 aromatic rings. The number of nitrogens with one attached hydrogen (secondary N) is 1. The molecule has 0 radical (unpaired) electrons. The van der Waals surface area contributed by atoms with Gasteiger partial charge in [-0.25, -0.2) is 8.42 Å². The molecule has 1 N–H and O–H groups in total. The molecule has 1 amide bonds. The largest absolute Gasteiger partial charge is 0.494 e. The molecule has 0 saturated carbocycles. The number of sulfonamides is 1. The van der Waals surface area contributed by atoms with Gasteiger partial charge < -0.3 is 10.1 Å². The van der Waals surface area contributed by atoms with Crippen LogP contribution in [0.1, 0.15) is 25.0 Å². The van der Waals surface area contributed by atoms with Crippen LogP contribution in [0.3, 0.4) is 0 Å². The van der Waals surface area contributed by atoms with E-state index < -0.39 is 15.9 Å². The molecule has 6 nitrogen and oxygen atoms in total. The summed E-state index contributed by atoms with van der Waals surface area (Å²) >= 11 is 0. The van der Waals surface area contributed by atoms with E-state index >= 15 is 0 Å². The molecule has 0 fully saturated rings. The predicted octanol–water partition coefficient (Wildman–Crippen LogP) is 4.48. The summed E-state index contributed by atoms with van der Waals surface area (Å²) in [6.45, 7) is 4.14. The summed E-state index contributed by atoms with van der Waals surface area (Å²) < 4.78 is 33.5. The average molecular weight is 453 g/mol. The van der Waals surface area contributed by atoms with Crippen LogP contribution >= 0.6 is 0 Å². The molecule has 7 heteroatoms. The number of carbonyl (C=O) groups is 1. The molecule has 0 aliphatic heterocycles. The molecular weight excluding hydrogens is 424 g/mol.